The van der Waals surface area contributed by atoms with Crippen LogP contribution in [0.5, 0.6) is 0 Å². The molecule has 5 heterocycles. The second-order valence-corrected chi connectivity index (χ2v) is 19.2. The maximum absolute atomic E-state index is 14.4. The van der Waals surface area contributed by atoms with Gasteiger partial charge in [0.15, 0.2) is 5.78 Å². The fourth-order valence-corrected chi connectivity index (χ4v) is 9.95. The second kappa shape index (κ2) is 21.6. The van der Waals surface area contributed by atoms with Crippen molar-refractivity contribution in [1.29, 1.82) is 0 Å². The molecule has 0 amide bonds. The largest absolute Gasteiger partial charge is 0.515 e. The number of ether oxygens (including phenoxy) is 2. The Labute approximate surface area is 387 Å². The first-order chi connectivity index (χ1) is 31.1. The molecule has 8 bridgehead atoms. The van der Waals surface area contributed by atoms with Gasteiger partial charge in [0.05, 0.1) is 47.6 Å². The zero-order valence-electron chi connectivity index (χ0n) is 40.2. The molecule has 1 aliphatic carbocycles. The third kappa shape index (κ3) is 10.7. The van der Waals surface area contributed by atoms with Crippen molar-refractivity contribution in [2.24, 2.45) is 50.5 Å². The topological polar surface area (TPSA) is 139 Å². The summed E-state index contributed by atoms with van der Waals surface area (Å²) in [6.45, 7) is 25.6. The highest BCUT2D eigenvalue weighted by molar-refractivity contribution is 6.42. The molecular formula is C55H70N4O6. The molecule has 0 spiro atoms. The average Bonchev–Trinajstić information content (AvgIpc) is 4.02. The normalized spacial score (nSPS) is 23.1. The lowest BCUT2D eigenvalue weighted by Crippen LogP contribution is -2.26. The van der Waals surface area contributed by atoms with Gasteiger partial charge in [0, 0.05) is 57.5 Å². The molecule has 1 unspecified atom stereocenters. The predicted molar refractivity (Wildman–Crippen MR) is 262 cm³/mol. The lowest BCUT2D eigenvalue weighted by molar-refractivity contribution is -0.146. The van der Waals surface area contributed by atoms with E-state index in [0.29, 0.717) is 80.1 Å². The summed E-state index contributed by atoms with van der Waals surface area (Å²) in [5, 5.41) is 14.0. The van der Waals surface area contributed by atoms with Crippen LogP contribution in [-0.2, 0) is 23.9 Å². The number of aliphatic imine (C=N–C) groups is 3. The monoisotopic (exact) mass is 883 g/mol. The van der Waals surface area contributed by atoms with Gasteiger partial charge >= 0.3 is 11.9 Å². The minimum atomic E-state index is -1.24. The zero-order valence-corrected chi connectivity index (χ0v) is 40.2. The number of carbonyl (C=O) groups is 3. The van der Waals surface area contributed by atoms with Gasteiger partial charge in [-0.15, -0.1) is 0 Å². The number of carbonyl (C=O) groups excluding carboxylic acids is 3. The Balaban J connectivity index is 1.22. The van der Waals surface area contributed by atoms with Gasteiger partial charge in [0.25, 0.3) is 0 Å². The highest BCUT2D eigenvalue weighted by Gasteiger charge is 2.52. The highest BCUT2D eigenvalue weighted by Crippen LogP contribution is 2.47. The molecule has 1 saturated heterocycles. The number of ketones is 1. The maximum Gasteiger partial charge on any atom is 0.321 e. The number of aliphatic hydroxyl groups excluding tert-OH is 1. The fraction of sp³-hybridized carbons (Fsp3) is 0.491. The van der Waals surface area contributed by atoms with Crippen LogP contribution >= 0.6 is 0 Å². The van der Waals surface area contributed by atoms with Crippen LogP contribution in [0.2, 0.25) is 0 Å². The quantitative estimate of drug-likeness (QED) is 0.0537. The Bertz CT molecular complexity index is 2380. The van der Waals surface area contributed by atoms with Gasteiger partial charge in [-0.2, -0.15) is 0 Å². The number of Topliss-reactive ketones (excluding diaryl/α,β-unsaturated/α-hetero) is 1. The van der Waals surface area contributed by atoms with Crippen molar-refractivity contribution in [3.63, 3.8) is 0 Å². The molecule has 2 N–H and O–H groups in total. The zero-order chi connectivity index (χ0) is 47.1. The molecular weight excluding hydrogens is 813 g/mol. The van der Waals surface area contributed by atoms with Crippen molar-refractivity contribution in [2.75, 3.05) is 13.7 Å². The number of methoxy groups -OCH3 is 1. The summed E-state index contributed by atoms with van der Waals surface area (Å²) in [5.41, 5.74) is 10.0. The van der Waals surface area contributed by atoms with Gasteiger partial charge in [-0.25, -0.2) is 15.0 Å². The van der Waals surface area contributed by atoms with E-state index < -0.39 is 17.7 Å². The molecule has 10 heteroatoms. The van der Waals surface area contributed by atoms with Gasteiger partial charge in [-0.1, -0.05) is 110 Å². The molecule has 65 heavy (non-hydrogen) atoms. The van der Waals surface area contributed by atoms with Crippen LogP contribution in [0.15, 0.2) is 144 Å². The highest BCUT2D eigenvalue weighted by atomic mass is 16.5. The van der Waals surface area contributed by atoms with E-state index >= 15 is 0 Å². The third-order valence-corrected chi connectivity index (χ3v) is 14.0. The molecule has 1 saturated carbocycles. The summed E-state index contributed by atoms with van der Waals surface area (Å²) >= 11 is 0. The van der Waals surface area contributed by atoms with E-state index in [9.17, 15) is 19.5 Å². The van der Waals surface area contributed by atoms with Crippen LogP contribution in [0, 0.1) is 35.5 Å². The van der Waals surface area contributed by atoms with E-state index in [1.54, 1.807) is 25.2 Å². The van der Waals surface area contributed by atoms with Crippen molar-refractivity contribution >= 4 is 34.9 Å². The number of nitrogens with one attached hydrogen (secondary N) is 1. The maximum atomic E-state index is 14.4. The Morgan fingerprint density at radius 1 is 0.862 bits per heavy atom. The van der Waals surface area contributed by atoms with Crippen molar-refractivity contribution < 1.29 is 29.0 Å². The summed E-state index contributed by atoms with van der Waals surface area (Å²) in [5.74, 6) is -0.821. The van der Waals surface area contributed by atoms with Crippen molar-refractivity contribution in [1.82, 2.24) is 5.32 Å². The summed E-state index contributed by atoms with van der Waals surface area (Å²) < 4.78 is 11.0. The van der Waals surface area contributed by atoms with Gasteiger partial charge in [0.1, 0.15) is 12.5 Å². The molecule has 6 rings (SSSR count). The number of hydrogen-bond donors (Lipinski definition) is 2. The summed E-state index contributed by atoms with van der Waals surface area (Å²) in [6, 6.07) is 0. The molecule has 5 aliphatic heterocycles. The Morgan fingerprint density at radius 3 is 2.18 bits per heavy atom. The van der Waals surface area contributed by atoms with E-state index in [2.05, 4.69) is 60.0 Å². The molecule has 0 aromatic heterocycles. The van der Waals surface area contributed by atoms with Gasteiger partial charge in [-0.05, 0) is 93.2 Å². The van der Waals surface area contributed by atoms with Crippen LogP contribution in [0.3, 0.4) is 0 Å². The number of nitrogens with zero attached hydrogens (tertiary/aromatic N) is 3. The number of allylic oxidation sites excluding steroid dienone is 13. The first-order valence-electron chi connectivity index (χ1n) is 23.7. The van der Waals surface area contributed by atoms with E-state index in [-0.39, 0.29) is 30.8 Å². The van der Waals surface area contributed by atoms with E-state index in [0.717, 1.165) is 47.8 Å². The lowest BCUT2D eigenvalue weighted by Gasteiger charge is -2.19. The molecule has 6 aliphatic rings. The number of fused-ring (bicyclic) bond motifs is 5. The summed E-state index contributed by atoms with van der Waals surface area (Å²) in [4.78, 5) is 56.3. The molecule has 0 aromatic rings. The van der Waals surface area contributed by atoms with Crippen LogP contribution in [0.1, 0.15) is 126 Å². The van der Waals surface area contributed by atoms with Gasteiger partial charge in [0.2, 0.25) is 0 Å². The fourth-order valence-electron chi connectivity index (χ4n) is 9.95. The summed E-state index contributed by atoms with van der Waals surface area (Å²) in [7, 11) is 1.28. The number of rotatable bonds is 20. The molecule has 2 fully saturated rings. The first kappa shape index (κ1) is 48.8. The van der Waals surface area contributed by atoms with Gasteiger partial charge < -0.3 is 19.9 Å². The standard InChI is InChI=1S/C55H70N4O6/c1-12-38-35(8)42-27-43-36(9)40(23-24-48(61)65-26-25-34(7)22-16-21-33(6)20-15-19-32(5)18-14-17-31(3)4)52(58-43)50-51(55(63)64-11)54(62)49-37(10)44(59-53(49)50)28-46-39(13-2)41(30-60)47(57-46)29-45(38)56-42/h12-13,25,27-33,36,40,51,58,60H,1-2,14-24,26H2,3-11H3/b34-25+,41-30+,43-27?,44-28?,45-29?,52-50?/t32-,33-,36+,40+,51?/m1/s1. The predicted octanol–water partition coefficient (Wildman–Crippen LogP) is 11.9. The first-order valence-corrected chi connectivity index (χ1v) is 23.7. The SMILES string of the molecule is C=CC1=C(C)C2=NC1=CC1=NC(=C(C=C)/C1=C\O)C=C1N=C3C(=C1C)C(=O)C(C(=O)OC)C3=C1NC(=C2)[C@@H](C)[C@@H]1CCC(=O)OC/C=C(\C)CCC[C@H](C)CCC[C@H](C)CCCC(C)C. The lowest BCUT2D eigenvalue weighted by atomic mass is 9.85. The van der Waals surface area contributed by atoms with E-state index in [4.69, 9.17) is 24.5 Å². The van der Waals surface area contributed by atoms with Crippen LogP contribution < -0.4 is 5.32 Å². The average molecular weight is 883 g/mol. The van der Waals surface area contributed by atoms with Crippen molar-refractivity contribution in [3.05, 3.63) is 129 Å². The van der Waals surface area contributed by atoms with Crippen LogP contribution in [-0.4, -0.2) is 53.7 Å². The minimum absolute atomic E-state index is 0.129. The summed E-state index contributed by atoms with van der Waals surface area (Å²) in [6.07, 6.45) is 23.7. The second-order valence-electron chi connectivity index (χ2n) is 19.2. The Hall–Kier alpha value is -5.64. The van der Waals surface area contributed by atoms with Crippen molar-refractivity contribution in [2.45, 2.75) is 126 Å². The number of esters is 2. The third-order valence-electron chi connectivity index (χ3n) is 14.0. The molecule has 0 aromatic carbocycles. The molecule has 0 radical (unpaired) electrons. The van der Waals surface area contributed by atoms with Gasteiger partial charge in [-0.3, -0.25) is 14.4 Å². The molecule has 5 atom stereocenters. The number of hydrogen-bond acceptors (Lipinski definition) is 10. The Morgan fingerprint density at radius 2 is 1.54 bits per heavy atom. The van der Waals surface area contributed by atoms with Crippen molar-refractivity contribution in [3.8, 4) is 0 Å². The van der Waals surface area contributed by atoms with E-state index in [1.807, 2.05) is 25.2 Å². The van der Waals surface area contributed by atoms with Crippen LogP contribution in [0.4, 0.5) is 0 Å². The minimum Gasteiger partial charge on any atom is -0.515 e. The number of aliphatic hydroxyl groups is 1. The smallest absolute Gasteiger partial charge is 0.321 e. The van der Waals surface area contributed by atoms with Crippen LogP contribution in [0.25, 0.3) is 0 Å². The molecule has 10 nitrogen and oxygen atoms in total. The van der Waals surface area contributed by atoms with E-state index in [1.165, 1.54) is 57.6 Å². The molecule has 346 valence electrons. The Kier molecular flexibility index (Phi) is 16.2.